The van der Waals surface area contributed by atoms with Crippen molar-refractivity contribution in [3.63, 3.8) is 0 Å². The van der Waals surface area contributed by atoms with Crippen molar-refractivity contribution >= 4 is 23.2 Å². The van der Waals surface area contributed by atoms with Gasteiger partial charge in [-0.25, -0.2) is 0 Å². The molecule has 0 radical (unpaired) electrons. The van der Waals surface area contributed by atoms with E-state index >= 15 is 0 Å². The third kappa shape index (κ3) is 4.76. The predicted molar refractivity (Wildman–Crippen MR) is 73.0 cm³/mol. The summed E-state index contributed by atoms with van der Waals surface area (Å²) in [6, 6.07) is 4.19. The number of ether oxygens (including phenoxy) is 1. The normalized spacial score (nSPS) is 10.3. The fourth-order valence-corrected chi connectivity index (χ4v) is 1.77. The highest BCUT2D eigenvalue weighted by Crippen LogP contribution is 2.27. The fourth-order valence-electron chi connectivity index (χ4n) is 1.52. The van der Waals surface area contributed by atoms with Gasteiger partial charge in [-0.1, -0.05) is 17.7 Å². The molecule has 0 aliphatic heterocycles. The number of carbonyl (C=O) groups excluding carboxylic acids is 1. The van der Waals surface area contributed by atoms with Crippen LogP contribution in [0, 0.1) is 10.1 Å². The highest BCUT2D eigenvalue weighted by molar-refractivity contribution is 6.33. The SMILES string of the molecule is O=C(NCCCOCCO)c1cccc(Cl)c1[N+](=O)[O-]. The Labute approximate surface area is 120 Å². The second kappa shape index (κ2) is 8.47. The Balaban J connectivity index is 2.56. The standard InChI is InChI=1S/C12H15ClN2O5/c13-10-4-1-3-9(11(10)15(18)19)12(17)14-5-2-7-20-8-6-16/h1,3-4,16H,2,5-8H2,(H,14,17). The lowest BCUT2D eigenvalue weighted by molar-refractivity contribution is -0.385. The molecule has 0 fully saturated rings. The van der Waals surface area contributed by atoms with Crippen molar-refractivity contribution in [3.8, 4) is 0 Å². The smallest absolute Gasteiger partial charge is 0.300 e. The number of nitrogens with zero attached hydrogens (tertiary/aromatic N) is 1. The van der Waals surface area contributed by atoms with Crippen LogP contribution in [-0.4, -0.2) is 42.3 Å². The second-order valence-electron chi connectivity index (χ2n) is 3.84. The summed E-state index contributed by atoms with van der Waals surface area (Å²) in [5.74, 6) is -0.554. The van der Waals surface area contributed by atoms with Gasteiger partial charge >= 0.3 is 5.69 Å². The quantitative estimate of drug-likeness (QED) is 0.429. The molecule has 1 amide bonds. The summed E-state index contributed by atoms with van der Waals surface area (Å²) in [6.07, 6.45) is 0.542. The first-order valence-corrected chi connectivity index (χ1v) is 6.35. The van der Waals surface area contributed by atoms with Crippen LogP contribution in [0.4, 0.5) is 5.69 Å². The summed E-state index contributed by atoms with van der Waals surface area (Å²) in [4.78, 5) is 22.1. The number of amides is 1. The molecule has 0 saturated carbocycles. The maximum atomic E-state index is 11.9. The molecule has 0 unspecified atom stereocenters. The third-order valence-electron chi connectivity index (χ3n) is 2.40. The molecular weight excluding hydrogens is 288 g/mol. The van der Waals surface area contributed by atoms with Crippen molar-refractivity contribution in [2.45, 2.75) is 6.42 Å². The number of nitrogens with one attached hydrogen (secondary N) is 1. The van der Waals surface area contributed by atoms with Crippen LogP contribution >= 0.6 is 11.6 Å². The zero-order valence-corrected chi connectivity index (χ0v) is 11.4. The van der Waals surface area contributed by atoms with Gasteiger partial charge in [0, 0.05) is 13.2 Å². The van der Waals surface area contributed by atoms with E-state index in [-0.39, 0.29) is 23.8 Å². The maximum absolute atomic E-state index is 11.9. The molecule has 1 aromatic carbocycles. The fraction of sp³-hybridized carbons (Fsp3) is 0.417. The number of hydrogen-bond acceptors (Lipinski definition) is 5. The molecule has 110 valence electrons. The largest absolute Gasteiger partial charge is 0.394 e. The average Bonchev–Trinajstić information content (AvgIpc) is 2.41. The maximum Gasteiger partial charge on any atom is 0.300 e. The Morgan fingerprint density at radius 2 is 2.20 bits per heavy atom. The van der Waals surface area contributed by atoms with Crippen molar-refractivity contribution in [2.24, 2.45) is 0 Å². The van der Waals surface area contributed by atoms with Gasteiger partial charge in [0.2, 0.25) is 0 Å². The van der Waals surface area contributed by atoms with Gasteiger partial charge in [0.15, 0.2) is 0 Å². The number of carbonyl (C=O) groups is 1. The number of benzene rings is 1. The first-order valence-electron chi connectivity index (χ1n) is 5.97. The van der Waals surface area contributed by atoms with Crippen LogP contribution in [0.5, 0.6) is 0 Å². The number of nitro benzene ring substituents is 1. The van der Waals surface area contributed by atoms with E-state index in [0.29, 0.717) is 19.6 Å². The molecule has 0 saturated heterocycles. The van der Waals surface area contributed by atoms with E-state index in [4.69, 9.17) is 21.4 Å². The number of aliphatic hydroxyl groups is 1. The molecule has 0 aliphatic rings. The van der Waals surface area contributed by atoms with Crippen LogP contribution < -0.4 is 5.32 Å². The number of halogens is 1. The van der Waals surface area contributed by atoms with E-state index in [1.165, 1.54) is 18.2 Å². The number of rotatable bonds is 8. The molecule has 0 heterocycles. The molecule has 2 N–H and O–H groups in total. The first-order chi connectivity index (χ1) is 9.57. The molecule has 0 aromatic heterocycles. The van der Waals surface area contributed by atoms with Crippen molar-refractivity contribution < 1.29 is 19.6 Å². The average molecular weight is 303 g/mol. The highest BCUT2D eigenvalue weighted by Gasteiger charge is 2.23. The number of aliphatic hydroxyl groups excluding tert-OH is 1. The first kappa shape index (κ1) is 16.4. The molecule has 0 atom stereocenters. The second-order valence-corrected chi connectivity index (χ2v) is 4.25. The summed E-state index contributed by atoms with van der Waals surface area (Å²) in [5, 5.41) is 21.9. The minimum atomic E-state index is -0.679. The van der Waals surface area contributed by atoms with Crippen LogP contribution in [-0.2, 0) is 4.74 Å². The lowest BCUT2D eigenvalue weighted by Crippen LogP contribution is -2.26. The van der Waals surface area contributed by atoms with Crippen LogP contribution in [0.1, 0.15) is 16.8 Å². The minimum Gasteiger partial charge on any atom is -0.394 e. The van der Waals surface area contributed by atoms with Gasteiger partial charge in [-0.2, -0.15) is 0 Å². The van der Waals surface area contributed by atoms with Crippen LogP contribution in [0.3, 0.4) is 0 Å². The van der Waals surface area contributed by atoms with Gasteiger partial charge in [-0.15, -0.1) is 0 Å². The van der Waals surface area contributed by atoms with E-state index in [1.54, 1.807) is 0 Å². The number of nitro groups is 1. The van der Waals surface area contributed by atoms with Crippen LogP contribution in [0.2, 0.25) is 5.02 Å². The topological polar surface area (TPSA) is 102 Å². The summed E-state index contributed by atoms with van der Waals surface area (Å²) in [5.41, 5.74) is -0.470. The highest BCUT2D eigenvalue weighted by atomic mass is 35.5. The van der Waals surface area contributed by atoms with Gasteiger partial charge in [0.25, 0.3) is 5.91 Å². The molecule has 1 rings (SSSR count). The van der Waals surface area contributed by atoms with Gasteiger partial charge in [-0.3, -0.25) is 14.9 Å². The van der Waals surface area contributed by atoms with E-state index < -0.39 is 16.5 Å². The number of para-hydroxylation sites is 1. The van der Waals surface area contributed by atoms with Gasteiger partial charge in [0.05, 0.1) is 18.1 Å². The molecule has 1 aromatic rings. The third-order valence-corrected chi connectivity index (χ3v) is 2.71. The Bertz CT molecular complexity index is 481. The number of hydrogen-bond donors (Lipinski definition) is 2. The lowest BCUT2D eigenvalue weighted by atomic mass is 10.1. The molecule has 8 heteroatoms. The van der Waals surface area contributed by atoms with Gasteiger partial charge in [-0.05, 0) is 18.6 Å². The van der Waals surface area contributed by atoms with Crippen molar-refractivity contribution in [2.75, 3.05) is 26.4 Å². The minimum absolute atomic E-state index is 0.0545. The molecular formula is C12H15ClN2O5. The lowest BCUT2D eigenvalue weighted by Gasteiger charge is -2.06. The summed E-state index contributed by atoms with van der Waals surface area (Å²) >= 11 is 5.72. The van der Waals surface area contributed by atoms with E-state index in [2.05, 4.69) is 5.32 Å². The van der Waals surface area contributed by atoms with Crippen molar-refractivity contribution in [1.82, 2.24) is 5.32 Å². The molecule has 20 heavy (non-hydrogen) atoms. The Kier molecular flexibility index (Phi) is 6.92. The van der Waals surface area contributed by atoms with Crippen molar-refractivity contribution in [1.29, 1.82) is 0 Å². The Morgan fingerprint density at radius 1 is 1.45 bits per heavy atom. The Morgan fingerprint density at radius 3 is 2.85 bits per heavy atom. The van der Waals surface area contributed by atoms with Gasteiger partial charge in [0.1, 0.15) is 10.6 Å². The van der Waals surface area contributed by atoms with Crippen LogP contribution in [0.25, 0.3) is 0 Å². The zero-order chi connectivity index (χ0) is 15.0. The monoisotopic (exact) mass is 302 g/mol. The predicted octanol–water partition coefficient (Wildman–Crippen LogP) is 1.38. The zero-order valence-electron chi connectivity index (χ0n) is 10.7. The molecule has 0 spiro atoms. The van der Waals surface area contributed by atoms with Crippen LogP contribution in [0.15, 0.2) is 18.2 Å². The van der Waals surface area contributed by atoms with E-state index in [1.807, 2.05) is 0 Å². The van der Waals surface area contributed by atoms with Gasteiger partial charge < -0.3 is 15.2 Å². The summed E-state index contributed by atoms with van der Waals surface area (Å²) in [7, 11) is 0. The molecule has 7 nitrogen and oxygen atoms in total. The molecule has 0 bridgehead atoms. The summed E-state index contributed by atoms with van der Waals surface area (Å²) < 4.78 is 5.02. The van der Waals surface area contributed by atoms with E-state index in [9.17, 15) is 14.9 Å². The van der Waals surface area contributed by atoms with Crippen molar-refractivity contribution in [3.05, 3.63) is 38.9 Å². The Hall–Kier alpha value is -1.70. The molecule has 0 aliphatic carbocycles. The summed E-state index contributed by atoms with van der Waals surface area (Å²) in [6.45, 7) is 0.890. The van der Waals surface area contributed by atoms with E-state index in [0.717, 1.165) is 0 Å².